The molecule has 0 bridgehead atoms. The molecule has 24 heavy (non-hydrogen) atoms. The van der Waals surface area contributed by atoms with Gasteiger partial charge in [-0.3, -0.25) is 4.79 Å². The summed E-state index contributed by atoms with van der Waals surface area (Å²) in [6.45, 7) is 7.73. The van der Waals surface area contributed by atoms with Crippen LogP contribution < -0.4 is 0 Å². The molecule has 3 rings (SSSR count). The molecule has 1 unspecified atom stereocenters. The average Bonchev–Trinajstić information content (AvgIpc) is 2.88. The summed E-state index contributed by atoms with van der Waals surface area (Å²) >= 11 is 0. The summed E-state index contributed by atoms with van der Waals surface area (Å²) in [7, 11) is 0. The summed E-state index contributed by atoms with van der Waals surface area (Å²) < 4.78 is 10.6. The molecule has 1 atom stereocenters. The summed E-state index contributed by atoms with van der Waals surface area (Å²) in [6, 6.07) is 5.38. The van der Waals surface area contributed by atoms with Crippen molar-refractivity contribution in [2.75, 3.05) is 26.3 Å². The van der Waals surface area contributed by atoms with Crippen molar-refractivity contribution in [3.8, 4) is 0 Å². The van der Waals surface area contributed by atoms with Crippen LogP contribution in [-0.4, -0.2) is 54.2 Å². The van der Waals surface area contributed by atoms with E-state index in [1.807, 2.05) is 26.0 Å². The van der Waals surface area contributed by atoms with Gasteiger partial charge in [0, 0.05) is 29.7 Å². The lowest BCUT2D eigenvalue weighted by Crippen LogP contribution is -2.46. The van der Waals surface area contributed by atoms with Crippen molar-refractivity contribution < 1.29 is 19.1 Å². The number of aryl methyl sites for hydroxylation is 2. The topological polar surface area (TPSA) is 71.6 Å². The van der Waals surface area contributed by atoms with Gasteiger partial charge in [0.05, 0.1) is 18.8 Å². The third-order valence-corrected chi connectivity index (χ3v) is 4.50. The number of hydrogen-bond acceptors (Lipinski definition) is 4. The second-order valence-electron chi connectivity index (χ2n) is 6.12. The van der Waals surface area contributed by atoms with E-state index in [1.165, 1.54) is 0 Å². The zero-order valence-corrected chi connectivity index (χ0v) is 14.2. The van der Waals surface area contributed by atoms with Gasteiger partial charge in [0.15, 0.2) is 6.10 Å². The van der Waals surface area contributed by atoms with E-state index in [0.717, 1.165) is 22.2 Å². The fourth-order valence-corrected chi connectivity index (χ4v) is 2.91. The largest absolute Gasteiger partial charge is 0.449 e. The van der Waals surface area contributed by atoms with Gasteiger partial charge in [-0.2, -0.15) is 0 Å². The van der Waals surface area contributed by atoms with Crippen LogP contribution in [0.4, 0.5) is 0 Å². The van der Waals surface area contributed by atoms with Crippen molar-refractivity contribution >= 4 is 22.8 Å². The highest BCUT2D eigenvalue weighted by atomic mass is 16.5. The van der Waals surface area contributed by atoms with Crippen LogP contribution in [-0.2, 0) is 14.3 Å². The Hall–Kier alpha value is -2.34. The Kier molecular flexibility index (Phi) is 4.57. The maximum atomic E-state index is 12.4. The smallest absolute Gasteiger partial charge is 0.338 e. The normalized spacial score (nSPS) is 16.2. The SMILES string of the molecule is Cc1[nH]c2ccc(C(=O)OC(C)C(=O)N3CCOCC3)cc2c1C. The average molecular weight is 330 g/mol. The number of carbonyl (C=O) groups excluding carboxylic acids is 2. The zero-order chi connectivity index (χ0) is 17.3. The number of aromatic amines is 1. The minimum absolute atomic E-state index is 0.179. The molecule has 0 aliphatic carbocycles. The van der Waals surface area contributed by atoms with Crippen LogP contribution in [0.3, 0.4) is 0 Å². The molecule has 6 heteroatoms. The van der Waals surface area contributed by atoms with E-state index >= 15 is 0 Å². The minimum Gasteiger partial charge on any atom is -0.449 e. The molecule has 1 aliphatic rings. The number of fused-ring (bicyclic) bond motifs is 1. The first-order chi connectivity index (χ1) is 11.5. The molecule has 1 fully saturated rings. The number of esters is 1. The predicted molar refractivity (Wildman–Crippen MR) is 90.0 cm³/mol. The fraction of sp³-hybridized carbons (Fsp3) is 0.444. The Morgan fingerprint density at radius 1 is 1.25 bits per heavy atom. The van der Waals surface area contributed by atoms with Crippen LogP contribution >= 0.6 is 0 Å². The molecule has 0 spiro atoms. The van der Waals surface area contributed by atoms with Crippen LogP contribution in [0.15, 0.2) is 18.2 Å². The van der Waals surface area contributed by atoms with Crippen molar-refractivity contribution in [1.29, 1.82) is 0 Å². The molecule has 128 valence electrons. The van der Waals surface area contributed by atoms with E-state index in [4.69, 9.17) is 9.47 Å². The van der Waals surface area contributed by atoms with Gasteiger partial charge in [0.2, 0.25) is 0 Å². The zero-order valence-electron chi connectivity index (χ0n) is 14.2. The third-order valence-electron chi connectivity index (χ3n) is 4.50. The number of carbonyl (C=O) groups is 2. The Morgan fingerprint density at radius 2 is 1.96 bits per heavy atom. The molecular weight excluding hydrogens is 308 g/mol. The number of ether oxygens (including phenoxy) is 2. The lowest BCUT2D eigenvalue weighted by Gasteiger charge is -2.28. The standard InChI is InChI=1S/C18H22N2O4/c1-11-12(2)19-16-5-4-14(10-15(11)16)18(22)24-13(3)17(21)20-6-8-23-9-7-20/h4-5,10,13,19H,6-9H2,1-3H3. The summed E-state index contributed by atoms with van der Waals surface area (Å²) in [5, 5.41) is 0.995. The number of H-pyrrole nitrogens is 1. The molecule has 2 heterocycles. The van der Waals surface area contributed by atoms with Gasteiger partial charge in [0.1, 0.15) is 0 Å². The maximum absolute atomic E-state index is 12.4. The maximum Gasteiger partial charge on any atom is 0.338 e. The number of rotatable bonds is 3. The highest BCUT2D eigenvalue weighted by Crippen LogP contribution is 2.23. The molecule has 1 aliphatic heterocycles. The molecule has 1 aromatic heterocycles. The van der Waals surface area contributed by atoms with Gasteiger partial charge >= 0.3 is 5.97 Å². The molecule has 1 amide bonds. The van der Waals surface area contributed by atoms with Crippen molar-refractivity contribution in [3.05, 3.63) is 35.0 Å². The van der Waals surface area contributed by atoms with Gasteiger partial charge < -0.3 is 19.4 Å². The van der Waals surface area contributed by atoms with Crippen molar-refractivity contribution in [1.82, 2.24) is 9.88 Å². The van der Waals surface area contributed by atoms with E-state index in [2.05, 4.69) is 4.98 Å². The van der Waals surface area contributed by atoms with Crippen LogP contribution in [0, 0.1) is 13.8 Å². The van der Waals surface area contributed by atoms with E-state index in [9.17, 15) is 9.59 Å². The monoisotopic (exact) mass is 330 g/mol. The Bertz CT molecular complexity index is 775. The Morgan fingerprint density at radius 3 is 2.67 bits per heavy atom. The number of benzene rings is 1. The van der Waals surface area contributed by atoms with E-state index in [0.29, 0.717) is 31.9 Å². The summed E-state index contributed by atoms with van der Waals surface area (Å²) in [5.41, 5.74) is 3.62. The summed E-state index contributed by atoms with van der Waals surface area (Å²) in [4.78, 5) is 29.6. The van der Waals surface area contributed by atoms with E-state index in [1.54, 1.807) is 17.9 Å². The molecule has 2 aromatic rings. The number of nitrogens with one attached hydrogen (secondary N) is 1. The molecule has 1 N–H and O–H groups in total. The first kappa shape index (κ1) is 16.5. The molecule has 6 nitrogen and oxygen atoms in total. The predicted octanol–water partition coefficient (Wildman–Crippen LogP) is 2.19. The number of morpholine rings is 1. The molecular formula is C18H22N2O4. The van der Waals surface area contributed by atoms with Crippen LogP contribution in [0.1, 0.15) is 28.5 Å². The number of aromatic nitrogens is 1. The molecule has 1 aromatic carbocycles. The van der Waals surface area contributed by atoms with Gasteiger partial charge in [-0.25, -0.2) is 4.79 Å². The van der Waals surface area contributed by atoms with Crippen LogP contribution in [0.5, 0.6) is 0 Å². The Labute approximate surface area is 140 Å². The summed E-state index contributed by atoms with van der Waals surface area (Å²) in [5.74, 6) is -0.661. The second-order valence-corrected chi connectivity index (χ2v) is 6.12. The molecule has 0 radical (unpaired) electrons. The van der Waals surface area contributed by atoms with Crippen molar-refractivity contribution in [3.63, 3.8) is 0 Å². The van der Waals surface area contributed by atoms with Gasteiger partial charge in [0.25, 0.3) is 5.91 Å². The van der Waals surface area contributed by atoms with Crippen LogP contribution in [0.25, 0.3) is 10.9 Å². The van der Waals surface area contributed by atoms with Crippen molar-refractivity contribution in [2.45, 2.75) is 26.9 Å². The first-order valence-electron chi connectivity index (χ1n) is 8.14. The number of amides is 1. The second kappa shape index (κ2) is 6.65. The summed E-state index contributed by atoms with van der Waals surface area (Å²) in [6.07, 6.45) is -0.805. The highest BCUT2D eigenvalue weighted by molar-refractivity contribution is 5.97. The third kappa shape index (κ3) is 3.14. The fourth-order valence-electron chi connectivity index (χ4n) is 2.91. The quantitative estimate of drug-likeness (QED) is 0.876. The molecule has 0 saturated carbocycles. The molecule has 1 saturated heterocycles. The van der Waals surface area contributed by atoms with E-state index < -0.39 is 12.1 Å². The van der Waals surface area contributed by atoms with E-state index in [-0.39, 0.29) is 5.91 Å². The minimum atomic E-state index is -0.805. The van der Waals surface area contributed by atoms with Gasteiger partial charge in [-0.1, -0.05) is 0 Å². The lowest BCUT2D eigenvalue weighted by atomic mass is 10.1. The highest BCUT2D eigenvalue weighted by Gasteiger charge is 2.25. The van der Waals surface area contributed by atoms with Crippen molar-refractivity contribution in [2.24, 2.45) is 0 Å². The Balaban J connectivity index is 1.72. The number of hydrogen-bond donors (Lipinski definition) is 1. The van der Waals surface area contributed by atoms with Crippen LogP contribution in [0.2, 0.25) is 0 Å². The number of nitrogens with zero attached hydrogens (tertiary/aromatic N) is 1. The van der Waals surface area contributed by atoms with Gasteiger partial charge in [-0.15, -0.1) is 0 Å². The van der Waals surface area contributed by atoms with Gasteiger partial charge in [-0.05, 0) is 44.5 Å². The lowest BCUT2D eigenvalue weighted by molar-refractivity contribution is -0.143. The first-order valence-corrected chi connectivity index (χ1v) is 8.14.